The molecule has 0 aliphatic rings. The van der Waals surface area contributed by atoms with Gasteiger partial charge in [-0.15, -0.1) is 0 Å². The number of benzene rings is 1. The highest BCUT2D eigenvalue weighted by molar-refractivity contribution is 6.03. The molecule has 0 fully saturated rings. The van der Waals surface area contributed by atoms with Gasteiger partial charge in [-0.1, -0.05) is 18.2 Å². The van der Waals surface area contributed by atoms with E-state index in [0.29, 0.717) is 29.6 Å². The molecular weight excluding hydrogens is 354 g/mol. The lowest BCUT2D eigenvalue weighted by Crippen LogP contribution is -2.17. The molecule has 2 heterocycles. The summed E-state index contributed by atoms with van der Waals surface area (Å²) in [7, 11) is 0. The lowest BCUT2D eigenvalue weighted by molar-refractivity contribution is 0.102. The standard InChI is InChI=1S/C21H23N5O2/c1-14(2)28-19-9-5-4-8-17(19)25-20(27)18-11-15(3)24-21(26-18)23-13-16-7-6-10-22-12-16/h4-12,14H,13H2,1-3H3,(H,25,27)(H,23,24,26). The Morgan fingerprint density at radius 3 is 2.71 bits per heavy atom. The number of para-hydroxylation sites is 2. The molecule has 0 aliphatic carbocycles. The molecule has 144 valence electrons. The number of rotatable bonds is 7. The largest absolute Gasteiger partial charge is 0.489 e. The third-order valence-electron chi connectivity index (χ3n) is 3.76. The van der Waals surface area contributed by atoms with Gasteiger partial charge < -0.3 is 15.4 Å². The van der Waals surface area contributed by atoms with Gasteiger partial charge in [0.25, 0.3) is 5.91 Å². The van der Waals surface area contributed by atoms with Crippen LogP contribution in [0.25, 0.3) is 0 Å². The van der Waals surface area contributed by atoms with Crippen LogP contribution in [-0.2, 0) is 6.54 Å². The van der Waals surface area contributed by atoms with Gasteiger partial charge in [0.2, 0.25) is 5.95 Å². The maximum atomic E-state index is 12.7. The minimum absolute atomic E-state index is 0.00243. The zero-order valence-electron chi connectivity index (χ0n) is 16.1. The number of amides is 1. The number of anilines is 2. The summed E-state index contributed by atoms with van der Waals surface area (Å²) < 4.78 is 5.75. The average molecular weight is 377 g/mol. The van der Waals surface area contributed by atoms with Crippen molar-refractivity contribution in [2.75, 3.05) is 10.6 Å². The van der Waals surface area contributed by atoms with Crippen LogP contribution in [0.1, 0.15) is 35.6 Å². The molecule has 2 N–H and O–H groups in total. The molecule has 3 aromatic rings. The number of hydrogen-bond donors (Lipinski definition) is 2. The molecule has 0 atom stereocenters. The van der Waals surface area contributed by atoms with E-state index in [0.717, 1.165) is 5.56 Å². The Kier molecular flexibility index (Phi) is 6.16. The second-order valence-corrected chi connectivity index (χ2v) is 6.55. The number of aryl methyl sites for hydroxylation is 1. The number of ether oxygens (including phenoxy) is 1. The van der Waals surface area contributed by atoms with Gasteiger partial charge in [-0.05, 0) is 50.6 Å². The Morgan fingerprint density at radius 2 is 1.96 bits per heavy atom. The number of hydrogen-bond acceptors (Lipinski definition) is 6. The van der Waals surface area contributed by atoms with E-state index in [4.69, 9.17) is 4.74 Å². The van der Waals surface area contributed by atoms with Crippen LogP contribution < -0.4 is 15.4 Å². The fourth-order valence-corrected chi connectivity index (χ4v) is 2.56. The molecule has 0 unspecified atom stereocenters. The van der Waals surface area contributed by atoms with Crippen molar-refractivity contribution >= 4 is 17.5 Å². The van der Waals surface area contributed by atoms with Gasteiger partial charge in [0.05, 0.1) is 11.8 Å². The Morgan fingerprint density at radius 1 is 1.14 bits per heavy atom. The number of pyridine rings is 1. The fourth-order valence-electron chi connectivity index (χ4n) is 2.56. The smallest absolute Gasteiger partial charge is 0.274 e. The van der Waals surface area contributed by atoms with Crippen molar-refractivity contribution in [1.82, 2.24) is 15.0 Å². The quantitative estimate of drug-likeness (QED) is 0.650. The average Bonchev–Trinajstić information content (AvgIpc) is 2.68. The van der Waals surface area contributed by atoms with Crippen molar-refractivity contribution in [3.8, 4) is 5.75 Å². The zero-order chi connectivity index (χ0) is 19.9. The third-order valence-corrected chi connectivity index (χ3v) is 3.76. The highest BCUT2D eigenvalue weighted by Crippen LogP contribution is 2.25. The maximum absolute atomic E-state index is 12.7. The van der Waals surface area contributed by atoms with Gasteiger partial charge in [-0.25, -0.2) is 9.97 Å². The second kappa shape index (κ2) is 8.94. The van der Waals surface area contributed by atoms with Gasteiger partial charge >= 0.3 is 0 Å². The zero-order valence-corrected chi connectivity index (χ0v) is 16.1. The van der Waals surface area contributed by atoms with Crippen LogP contribution in [0, 0.1) is 6.92 Å². The minimum Gasteiger partial charge on any atom is -0.489 e. The Balaban J connectivity index is 1.74. The molecule has 0 saturated heterocycles. The van der Waals surface area contributed by atoms with Crippen LogP contribution in [-0.4, -0.2) is 27.0 Å². The minimum atomic E-state index is -0.324. The van der Waals surface area contributed by atoms with Crippen LogP contribution in [0.4, 0.5) is 11.6 Å². The lowest BCUT2D eigenvalue weighted by Gasteiger charge is -2.15. The van der Waals surface area contributed by atoms with Crippen molar-refractivity contribution in [3.63, 3.8) is 0 Å². The molecule has 28 heavy (non-hydrogen) atoms. The van der Waals surface area contributed by atoms with Crippen molar-refractivity contribution in [1.29, 1.82) is 0 Å². The molecule has 0 radical (unpaired) electrons. The van der Waals surface area contributed by atoms with Gasteiger partial charge in [0, 0.05) is 24.6 Å². The molecule has 3 rings (SSSR count). The maximum Gasteiger partial charge on any atom is 0.274 e. The lowest BCUT2D eigenvalue weighted by atomic mass is 10.2. The summed E-state index contributed by atoms with van der Waals surface area (Å²) in [6.45, 7) is 6.21. The number of nitrogens with one attached hydrogen (secondary N) is 2. The van der Waals surface area contributed by atoms with E-state index in [1.165, 1.54) is 0 Å². The van der Waals surface area contributed by atoms with Crippen LogP contribution in [0.2, 0.25) is 0 Å². The fraction of sp³-hybridized carbons (Fsp3) is 0.238. The van der Waals surface area contributed by atoms with Gasteiger partial charge in [0.15, 0.2) is 0 Å². The summed E-state index contributed by atoms with van der Waals surface area (Å²) in [5.41, 5.74) is 2.57. The molecule has 2 aromatic heterocycles. The first-order valence-corrected chi connectivity index (χ1v) is 9.07. The molecule has 7 nitrogen and oxygen atoms in total. The van der Waals surface area contributed by atoms with E-state index in [1.807, 2.05) is 51.1 Å². The monoisotopic (exact) mass is 377 g/mol. The van der Waals surface area contributed by atoms with Gasteiger partial charge in [-0.3, -0.25) is 9.78 Å². The van der Waals surface area contributed by atoms with E-state index in [-0.39, 0.29) is 17.7 Å². The predicted octanol–water partition coefficient (Wildman–Crippen LogP) is 3.83. The summed E-state index contributed by atoms with van der Waals surface area (Å²) in [5, 5.41) is 6.00. The summed E-state index contributed by atoms with van der Waals surface area (Å²) in [5.74, 6) is 0.682. The Labute approximate surface area is 164 Å². The van der Waals surface area contributed by atoms with Crippen molar-refractivity contribution in [2.45, 2.75) is 33.4 Å². The molecular formula is C21H23N5O2. The normalized spacial score (nSPS) is 10.6. The molecule has 0 aliphatic heterocycles. The molecule has 0 saturated carbocycles. The Bertz CT molecular complexity index is 945. The molecule has 7 heteroatoms. The number of carbonyl (C=O) groups excluding carboxylic acids is 1. The Hall–Kier alpha value is -3.48. The van der Waals surface area contributed by atoms with E-state index < -0.39 is 0 Å². The SMILES string of the molecule is Cc1cc(C(=O)Nc2ccccc2OC(C)C)nc(NCc2cccnc2)n1. The number of aromatic nitrogens is 3. The van der Waals surface area contributed by atoms with Crippen molar-refractivity contribution in [3.05, 3.63) is 71.8 Å². The molecule has 1 aromatic carbocycles. The van der Waals surface area contributed by atoms with Gasteiger partial charge in [0.1, 0.15) is 11.4 Å². The number of carbonyl (C=O) groups is 1. The first-order chi connectivity index (χ1) is 13.5. The first kappa shape index (κ1) is 19.3. The van der Waals surface area contributed by atoms with Crippen LogP contribution in [0.5, 0.6) is 5.75 Å². The third kappa shape index (κ3) is 5.26. The summed E-state index contributed by atoms with van der Waals surface area (Å²) in [4.78, 5) is 25.5. The molecule has 1 amide bonds. The van der Waals surface area contributed by atoms with Crippen LogP contribution in [0.3, 0.4) is 0 Å². The van der Waals surface area contributed by atoms with Crippen LogP contribution >= 0.6 is 0 Å². The summed E-state index contributed by atoms with van der Waals surface area (Å²) >= 11 is 0. The molecule has 0 spiro atoms. The van der Waals surface area contributed by atoms with E-state index in [2.05, 4.69) is 25.6 Å². The summed E-state index contributed by atoms with van der Waals surface area (Å²) in [6, 6.07) is 12.8. The molecule has 0 bridgehead atoms. The number of nitrogens with zero attached hydrogens (tertiary/aromatic N) is 3. The topological polar surface area (TPSA) is 89.0 Å². The van der Waals surface area contributed by atoms with Gasteiger partial charge in [-0.2, -0.15) is 0 Å². The summed E-state index contributed by atoms with van der Waals surface area (Å²) in [6.07, 6.45) is 3.49. The van der Waals surface area contributed by atoms with E-state index in [9.17, 15) is 4.79 Å². The highest BCUT2D eigenvalue weighted by atomic mass is 16.5. The predicted molar refractivity (Wildman–Crippen MR) is 108 cm³/mol. The second-order valence-electron chi connectivity index (χ2n) is 6.55. The first-order valence-electron chi connectivity index (χ1n) is 9.07. The van der Waals surface area contributed by atoms with Crippen molar-refractivity contribution < 1.29 is 9.53 Å². The van der Waals surface area contributed by atoms with Crippen molar-refractivity contribution in [2.24, 2.45) is 0 Å². The van der Waals surface area contributed by atoms with E-state index >= 15 is 0 Å². The van der Waals surface area contributed by atoms with Crippen LogP contribution in [0.15, 0.2) is 54.9 Å². The van der Waals surface area contributed by atoms with E-state index in [1.54, 1.807) is 24.5 Å². The highest BCUT2D eigenvalue weighted by Gasteiger charge is 2.14.